The summed E-state index contributed by atoms with van der Waals surface area (Å²) in [5, 5.41) is 0. The lowest BCUT2D eigenvalue weighted by Gasteiger charge is -2.27. The van der Waals surface area contributed by atoms with Crippen molar-refractivity contribution < 1.29 is 13.2 Å². The van der Waals surface area contributed by atoms with Gasteiger partial charge in [-0.2, -0.15) is 0 Å². The standard InChI is InChI=1S/C20H30N2O3S2/c1-26-19-11-10-17(14-18(19)20(23)22-12-6-3-7-13-22)27(24,25)21-15-16-8-4-2-5-9-16/h10-11,14,16,21H,2-9,12-13,15H2,1H3. The van der Waals surface area contributed by atoms with E-state index in [1.165, 1.54) is 31.0 Å². The van der Waals surface area contributed by atoms with E-state index in [4.69, 9.17) is 0 Å². The van der Waals surface area contributed by atoms with Crippen LogP contribution >= 0.6 is 11.8 Å². The van der Waals surface area contributed by atoms with Crippen LogP contribution < -0.4 is 4.72 Å². The van der Waals surface area contributed by atoms with Gasteiger partial charge in [-0.3, -0.25) is 4.79 Å². The first-order valence-corrected chi connectivity index (χ1v) is 12.7. The predicted octanol–water partition coefficient (Wildman–Crippen LogP) is 3.89. The molecule has 3 rings (SSSR count). The topological polar surface area (TPSA) is 66.5 Å². The molecule has 1 heterocycles. The van der Waals surface area contributed by atoms with Crippen LogP contribution in [0.3, 0.4) is 0 Å². The summed E-state index contributed by atoms with van der Waals surface area (Å²) < 4.78 is 28.3. The minimum absolute atomic E-state index is 0.0524. The third-order valence-electron chi connectivity index (χ3n) is 5.64. The van der Waals surface area contributed by atoms with Crippen LogP contribution in [0.4, 0.5) is 0 Å². The molecular weight excluding hydrogens is 380 g/mol. The van der Waals surface area contributed by atoms with E-state index in [1.54, 1.807) is 18.2 Å². The van der Waals surface area contributed by atoms with Crippen molar-refractivity contribution in [1.82, 2.24) is 9.62 Å². The molecule has 1 saturated heterocycles. The summed E-state index contributed by atoms with van der Waals surface area (Å²) in [6.07, 6.45) is 10.9. The Hall–Kier alpha value is -1.05. The fourth-order valence-corrected chi connectivity index (χ4v) is 5.70. The summed E-state index contributed by atoms with van der Waals surface area (Å²) in [6, 6.07) is 4.94. The van der Waals surface area contributed by atoms with Gasteiger partial charge in [0.15, 0.2) is 0 Å². The van der Waals surface area contributed by atoms with E-state index in [1.807, 2.05) is 11.2 Å². The van der Waals surface area contributed by atoms with Crippen molar-refractivity contribution in [1.29, 1.82) is 0 Å². The summed E-state index contributed by atoms with van der Waals surface area (Å²) in [4.78, 5) is 15.8. The van der Waals surface area contributed by atoms with Crippen LogP contribution in [0.2, 0.25) is 0 Å². The predicted molar refractivity (Wildman–Crippen MR) is 110 cm³/mol. The van der Waals surface area contributed by atoms with Crippen LogP contribution in [-0.4, -0.2) is 45.1 Å². The van der Waals surface area contributed by atoms with Crippen LogP contribution in [0.5, 0.6) is 0 Å². The summed E-state index contributed by atoms with van der Waals surface area (Å²) >= 11 is 1.48. The Morgan fingerprint density at radius 3 is 2.44 bits per heavy atom. The van der Waals surface area contributed by atoms with Crippen LogP contribution in [0.1, 0.15) is 61.7 Å². The molecule has 0 aromatic heterocycles. The number of sulfonamides is 1. The molecule has 1 amide bonds. The number of hydrogen-bond acceptors (Lipinski definition) is 4. The Bertz CT molecular complexity index is 752. The Balaban J connectivity index is 1.77. The Morgan fingerprint density at radius 1 is 1.11 bits per heavy atom. The first kappa shape index (κ1) is 20.7. The maximum atomic E-state index is 13.0. The van der Waals surface area contributed by atoms with Crippen molar-refractivity contribution >= 4 is 27.7 Å². The highest BCUT2D eigenvalue weighted by Crippen LogP contribution is 2.27. The molecule has 1 aliphatic heterocycles. The smallest absolute Gasteiger partial charge is 0.255 e. The van der Waals surface area contributed by atoms with Crippen LogP contribution in [0, 0.1) is 5.92 Å². The molecule has 150 valence electrons. The number of likely N-dealkylation sites (tertiary alicyclic amines) is 1. The number of carbonyl (C=O) groups is 1. The summed E-state index contributed by atoms with van der Waals surface area (Å²) in [5.74, 6) is 0.372. The molecular formula is C20H30N2O3S2. The maximum absolute atomic E-state index is 13.0. The molecule has 1 N–H and O–H groups in total. The molecule has 0 atom stereocenters. The third kappa shape index (κ3) is 5.27. The molecule has 0 spiro atoms. The zero-order chi connectivity index (χ0) is 19.3. The second-order valence-corrected chi connectivity index (χ2v) is 10.2. The van der Waals surface area contributed by atoms with Crippen LogP contribution in [0.25, 0.3) is 0 Å². The molecule has 1 saturated carbocycles. The van der Waals surface area contributed by atoms with Gasteiger partial charge in [-0.1, -0.05) is 19.3 Å². The number of piperidine rings is 1. The SMILES string of the molecule is CSc1ccc(S(=O)(=O)NCC2CCCCC2)cc1C(=O)N1CCCCC1. The number of rotatable bonds is 6. The number of thioether (sulfide) groups is 1. The molecule has 2 fully saturated rings. The zero-order valence-electron chi connectivity index (χ0n) is 16.1. The van der Waals surface area contributed by atoms with Crippen molar-refractivity contribution in [2.75, 3.05) is 25.9 Å². The quantitative estimate of drug-likeness (QED) is 0.723. The Morgan fingerprint density at radius 2 is 1.78 bits per heavy atom. The van der Waals surface area contributed by atoms with Gasteiger partial charge >= 0.3 is 0 Å². The van der Waals surface area contributed by atoms with Crippen molar-refractivity contribution in [2.24, 2.45) is 5.92 Å². The summed E-state index contributed by atoms with van der Waals surface area (Å²) in [5.41, 5.74) is 0.505. The van der Waals surface area contributed by atoms with E-state index in [0.29, 0.717) is 18.0 Å². The average Bonchev–Trinajstić information content (AvgIpc) is 2.72. The van der Waals surface area contributed by atoms with E-state index in [0.717, 1.165) is 50.1 Å². The van der Waals surface area contributed by atoms with Gasteiger partial charge in [0.2, 0.25) is 10.0 Å². The molecule has 0 radical (unpaired) electrons. The minimum Gasteiger partial charge on any atom is -0.339 e. The minimum atomic E-state index is -3.60. The molecule has 0 unspecified atom stereocenters. The number of nitrogens with one attached hydrogen (secondary N) is 1. The Kier molecular flexibility index (Phi) is 7.22. The van der Waals surface area contributed by atoms with Gasteiger partial charge in [0.25, 0.3) is 5.91 Å². The lowest BCUT2D eigenvalue weighted by molar-refractivity contribution is 0.0720. The van der Waals surface area contributed by atoms with Crippen molar-refractivity contribution in [2.45, 2.75) is 61.2 Å². The van der Waals surface area contributed by atoms with E-state index >= 15 is 0 Å². The van der Waals surface area contributed by atoms with E-state index < -0.39 is 10.0 Å². The Labute approximate surface area is 167 Å². The van der Waals surface area contributed by atoms with Crippen molar-refractivity contribution in [3.05, 3.63) is 23.8 Å². The van der Waals surface area contributed by atoms with Gasteiger partial charge in [0.1, 0.15) is 0 Å². The highest BCUT2D eigenvalue weighted by Gasteiger charge is 2.24. The number of amides is 1. The number of benzene rings is 1. The molecule has 5 nitrogen and oxygen atoms in total. The van der Waals surface area contributed by atoms with Crippen LogP contribution in [0.15, 0.2) is 28.0 Å². The highest BCUT2D eigenvalue weighted by molar-refractivity contribution is 7.98. The highest BCUT2D eigenvalue weighted by atomic mass is 32.2. The third-order valence-corrected chi connectivity index (χ3v) is 7.86. The molecule has 1 aliphatic carbocycles. The average molecular weight is 411 g/mol. The van der Waals surface area contributed by atoms with Crippen LogP contribution in [-0.2, 0) is 10.0 Å². The molecule has 7 heteroatoms. The fourth-order valence-electron chi connectivity index (χ4n) is 3.99. The first-order chi connectivity index (χ1) is 13.0. The molecule has 27 heavy (non-hydrogen) atoms. The maximum Gasteiger partial charge on any atom is 0.255 e. The van der Waals surface area contributed by atoms with Gasteiger partial charge in [0.05, 0.1) is 10.5 Å². The summed E-state index contributed by atoms with van der Waals surface area (Å²) in [7, 11) is -3.60. The van der Waals surface area contributed by atoms with Gasteiger partial charge in [-0.15, -0.1) is 11.8 Å². The van der Waals surface area contributed by atoms with Crippen molar-refractivity contribution in [3.63, 3.8) is 0 Å². The zero-order valence-corrected chi connectivity index (χ0v) is 17.7. The number of carbonyl (C=O) groups excluding carboxylic acids is 1. The molecule has 1 aromatic rings. The largest absolute Gasteiger partial charge is 0.339 e. The molecule has 2 aliphatic rings. The van der Waals surface area contributed by atoms with E-state index in [-0.39, 0.29) is 10.8 Å². The lowest BCUT2D eigenvalue weighted by atomic mass is 9.90. The monoisotopic (exact) mass is 410 g/mol. The van der Waals surface area contributed by atoms with Crippen molar-refractivity contribution in [3.8, 4) is 0 Å². The van der Waals surface area contributed by atoms with Gasteiger partial charge in [-0.05, 0) is 62.5 Å². The molecule has 0 bridgehead atoms. The van der Waals surface area contributed by atoms with E-state index in [9.17, 15) is 13.2 Å². The number of hydrogen-bond donors (Lipinski definition) is 1. The lowest BCUT2D eigenvalue weighted by Crippen LogP contribution is -2.36. The second-order valence-electron chi connectivity index (χ2n) is 7.57. The second kappa shape index (κ2) is 9.43. The molecule has 1 aromatic carbocycles. The first-order valence-electron chi connectivity index (χ1n) is 9.98. The van der Waals surface area contributed by atoms with Gasteiger partial charge in [-0.25, -0.2) is 13.1 Å². The normalized spacial score (nSPS) is 19.2. The van der Waals surface area contributed by atoms with Gasteiger partial charge in [0, 0.05) is 24.5 Å². The fraction of sp³-hybridized carbons (Fsp3) is 0.650. The van der Waals surface area contributed by atoms with Gasteiger partial charge < -0.3 is 4.90 Å². The van der Waals surface area contributed by atoms with E-state index in [2.05, 4.69) is 4.72 Å². The number of nitrogens with zero attached hydrogens (tertiary/aromatic N) is 1. The summed E-state index contributed by atoms with van der Waals surface area (Å²) in [6.45, 7) is 2.00.